The molecule has 5 nitrogen and oxygen atoms in total. The lowest BCUT2D eigenvalue weighted by atomic mass is 9.97. The van der Waals surface area contributed by atoms with E-state index in [-0.39, 0.29) is 18.5 Å². The highest BCUT2D eigenvalue weighted by molar-refractivity contribution is 7.26. The topological polar surface area (TPSA) is 33.1 Å². The molecule has 5 unspecified atom stereocenters. The third-order valence-corrected chi connectivity index (χ3v) is 14.1. The van der Waals surface area contributed by atoms with E-state index in [4.69, 9.17) is 4.42 Å². The van der Waals surface area contributed by atoms with Crippen LogP contribution in [0.15, 0.2) is 186 Å². The molecule has 0 saturated carbocycles. The number of aromatic nitrogens is 1. The first-order valence-corrected chi connectivity index (χ1v) is 20.9. The highest BCUT2D eigenvalue weighted by Gasteiger charge is 2.75. The molecule has 3 aromatic heterocycles. The molecule has 276 valence electrons. The van der Waals surface area contributed by atoms with Gasteiger partial charge in [-0.3, -0.25) is 0 Å². The summed E-state index contributed by atoms with van der Waals surface area (Å²) >= 11 is 1.88. The Morgan fingerprint density at radius 1 is 0.552 bits per heavy atom. The first-order valence-electron chi connectivity index (χ1n) is 20.1. The second-order valence-electron chi connectivity index (χ2n) is 16.0. The van der Waals surface area contributed by atoms with Crippen molar-refractivity contribution in [2.75, 3.05) is 7.05 Å². The summed E-state index contributed by atoms with van der Waals surface area (Å²) in [6, 6.07) is 66.4. The second-order valence-corrected chi connectivity index (χ2v) is 17.1. The highest BCUT2D eigenvalue weighted by Crippen LogP contribution is 2.63. The SMILES string of the molecule is C[N+]12C(c3ccc4c(c3)oc3ccc(-c5cccc6sc7c(-n8c9ccccc9c9ccccc98)cccc7c56)cc34)NC(c3ccccc3)N1C2c1ccccc1. The first-order chi connectivity index (χ1) is 28.6. The van der Waals surface area contributed by atoms with Gasteiger partial charge in [-0.2, -0.15) is 4.59 Å². The number of rotatable bonds is 5. The lowest BCUT2D eigenvalue weighted by Gasteiger charge is -2.21. The molecule has 5 heterocycles. The molecule has 0 radical (unpaired) electrons. The van der Waals surface area contributed by atoms with Gasteiger partial charge in [-0.25, -0.2) is 5.32 Å². The normalized spacial score (nSPS) is 21.5. The Labute approximate surface area is 338 Å². The third-order valence-electron chi connectivity index (χ3n) is 12.9. The summed E-state index contributed by atoms with van der Waals surface area (Å²) in [7, 11) is 2.36. The van der Waals surface area contributed by atoms with Gasteiger partial charge in [0.1, 0.15) is 17.3 Å². The van der Waals surface area contributed by atoms with Crippen molar-refractivity contribution in [2.24, 2.45) is 0 Å². The van der Waals surface area contributed by atoms with Gasteiger partial charge in [-0.15, -0.1) is 11.3 Å². The molecule has 6 heteroatoms. The quantitative estimate of drug-likeness (QED) is 0.140. The van der Waals surface area contributed by atoms with Gasteiger partial charge in [-0.05, 0) is 65.2 Å². The summed E-state index contributed by atoms with van der Waals surface area (Å²) in [4.78, 5) is 0. The zero-order valence-corrected chi connectivity index (χ0v) is 32.5. The average molecular weight is 766 g/mol. The van der Waals surface area contributed by atoms with Crippen molar-refractivity contribution in [3.05, 3.63) is 199 Å². The number of benzene rings is 8. The molecular weight excluding hydrogens is 729 g/mol. The zero-order chi connectivity index (χ0) is 38.1. The van der Waals surface area contributed by atoms with Gasteiger partial charge in [0, 0.05) is 48.1 Å². The molecular formula is C52H37N4OS+. The van der Waals surface area contributed by atoms with E-state index in [1.807, 2.05) is 11.3 Å². The molecule has 58 heavy (non-hydrogen) atoms. The predicted molar refractivity (Wildman–Crippen MR) is 239 cm³/mol. The minimum atomic E-state index is 0.0699. The minimum absolute atomic E-state index is 0.0699. The van der Waals surface area contributed by atoms with Crippen LogP contribution in [0.5, 0.6) is 0 Å². The number of quaternary nitrogens is 1. The van der Waals surface area contributed by atoms with Crippen molar-refractivity contribution in [2.45, 2.75) is 18.5 Å². The van der Waals surface area contributed by atoms with Gasteiger partial charge in [0.05, 0.1) is 28.5 Å². The van der Waals surface area contributed by atoms with Crippen LogP contribution in [0.4, 0.5) is 0 Å². The Balaban J connectivity index is 0.919. The standard InChI is InChI=1S/C52H37N4OS/c1-56-51(53-50(32-14-4-2-5-15-32)55(56)52(56)33-16-6-3-7-17-33)35-26-28-39-41-30-34(27-29-45(41)57-46(39)31-35)36-20-13-25-47-48(36)40-21-12-24-44(49(40)58-47)54-42-22-10-8-18-37(42)38-19-9-11-23-43(38)54/h2-31,50-53H,1H3/q+1. The molecule has 11 aromatic rings. The Morgan fingerprint density at radius 2 is 1.24 bits per heavy atom. The molecule has 13 rings (SSSR count). The van der Waals surface area contributed by atoms with Crippen molar-refractivity contribution in [3.8, 4) is 16.8 Å². The molecule has 2 saturated heterocycles. The average Bonchev–Trinajstić information content (AvgIpc) is 3.70. The number of furan rings is 1. The zero-order valence-electron chi connectivity index (χ0n) is 31.7. The summed E-state index contributed by atoms with van der Waals surface area (Å²) < 4.78 is 12.5. The number of nitrogens with one attached hydrogen (secondary N) is 1. The Kier molecular flexibility index (Phi) is 6.73. The number of nitrogens with zero attached hydrogens (tertiary/aromatic N) is 3. The molecule has 2 fully saturated rings. The number of hydrogen-bond acceptors (Lipinski definition) is 4. The fourth-order valence-corrected chi connectivity index (χ4v) is 11.6. The van der Waals surface area contributed by atoms with E-state index in [1.165, 1.54) is 75.5 Å². The van der Waals surface area contributed by atoms with Crippen LogP contribution in [0.25, 0.3) is 80.7 Å². The van der Waals surface area contributed by atoms with Crippen LogP contribution < -0.4 is 5.32 Å². The van der Waals surface area contributed by atoms with E-state index >= 15 is 0 Å². The lowest BCUT2D eigenvalue weighted by Crippen LogP contribution is -2.33. The molecule has 0 amide bonds. The molecule has 1 N–H and O–H groups in total. The van der Waals surface area contributed by atoms with E-state index in [0.29, 0.717) is 0 Å². The fraction of sp³-hybridized carbons (Fsp3) is 0.0769. The van der Waals surface area contributed by atoms with E-state index in [0.717, 1.165) is 26.5 Å². The van der Waals surface area contributed by atoms with Crippen molar-refractivity contribution in [3.63, 3.8) is 0 Å². The predicted octanol–water partition coefficient (Wildman–Crippen LogP) is 13.4. The smallest absolute Gasteiger partial charge is 0.235 e. The van der Waals surface area contributed by atoms with Crippen molar-refractivity contribution < 1.29 is 9.01 Å². The van der Waals surface area contributed by atoms with E-state index in [9.17, 15) is 0 Å². The molecule has 2 aliphatic rings. The molecule has 0 aliphatic carbocycles. The van der Waals surface area contributed by atoms with Crippen molar-refractivity contribution in [1.29, 1.82) is 0 Å². The van der Waals surface area contributed by atoms with Crippen molar-refractivity contribution in [1.82, 2.24) is 14.9 Å². The summed E-state index contributed by atoms with van der Waals surface area (Å²) in [6.45, 7) is 0. The molecule has 0 spiro atoms. The van der Waals surface area contributed by atoms with E-state index in [2.05, 4.69) is 204 Å². The largest absolute Gasteiger partial charge is 0.456 e. The van der Waals surface area contributed by atoms with Crippen LogP contribution in [-0.4, -0.2) is 21.2 Å². The summed E-state index contributed by atoms with van der Waals surface area (Å²) in [6.07, 6.45) is 0.435. The Hall–Kier alpha value is -6.54. The van der Waals surface area contributed by atoms with Crippen molar-refractivity contribution >= 4 is 75.3 Å². The maximum atomic E-state index is 6.67. The van der Waals surface area contributed by atoms with Crippen LogP contribution in [0.2, 0.25) is 0 Å². The number of hydrogen-bond donors (Lipinski definition) is 1. The van der Waals surface area contributed by atoms with Gasteiger partial charge in [0.25, 0.3) is 0 Å². The van der Waals surface area contributed by atoms with Gasteiger partial charge in [0.15, 0.2) is 6.17 Å². The second kappa shape index (κ2) is 12.0. The fourth-order valence-electron chi connectivity index (χ4n) is 10.3. The molecule has 8 aromatic carbocycles. The highest BCUT2D eigenvalue weighted by atomic mass is 32.1. The van der Waals surface area contributed by atoms with Crippen LogP contribution in [-0.2, 0) is 0 Å². The Bertz CT molecular complexity index is 3340. The summed E-state index contributed by atoms with van der Waals surface area (Å²) in [5, 5.41) is 14.0. The molecule has 0 bridgehead atoms. The maximum absolute atomic E-state index is 6.67. The van der Waals surface area contributed by atoms with E-state index < -0.39 is 0 Å². The van der Waals surface area contributed by atoms with Gasteiger partial charge >= 0.3 is 0 Å². The number of para-hydroxylation sites is 2. The van der Waals surface area contributed by atoms with Crippen LogP contribution in [0, 0.1) is 0 Å². The van der Waals surface area contributed by atoms with Crippen LogP contribution >= 0.6 is 11.3 Å². The van der Waals surface area contributed by atoms with E-state index in [1.54, 1.807) is 0 Å². The minimum Gasteiger partial charge on any atom is -0.456 e. The number of fused-ring (bicyclic) bond motifs is 10. The lowest BCUT2D eigenvalue weighted by molar-refractivity contribution is -0.880. The summed E-state index contributed by atoms with van der Waals surface area (Å²) in [5.41, 5.74) is 11.8. The van der Waals surface area contributed by atoms with Crippen LogP contribution in [0.1, 0.15) is 35.2 Å². The first kappa shape index (κ1) is 32.5. The molecule has 5 atom stereocenters. The summed E-state index contributed by atoms with van der Waals surface area (Å²) in [5.74, 6) is 0. The van der Waals surface area contributed by atoms with Gasteiger partial charge < -0.3 is 8.98 Å². The van der Waals surface area contributed by atoms with Crippen LogP contribution in [0.3, 0.4) is 0 Å². The maximum Gasteiger partial charge on any atom is 0.235 e. The monoisotopic (exact) mass is 765 g/mol. The molecule has 2 aliphatic heterocycles. The Morgan fingerprint density at radius 3 is 2.02 bits per heavy atom. The van der Waals surface area contributed by atoms with Gasteiger partial charge in [-0.1, -0.05) is 138 Å². The number of thiophene rings is 1. The third kappa shape index (κ3) is 4.46. The van der Waals surface area contributed by atoms with Gasteiger partial charge in [0.2, 0.25) is 6.17 Å².